The van der Waals surface area contributed by atoms with Crippen molar-refractivity contribution >= 4 is 45.6 Å². The molecule has 1 atom stereocenters. The van der Waals surface area contributed by atoms with Crippen LogP contribution in [0, 0.1) is 6.92 Å². The minimum atomic E-state index is -0.955. The third kappa shape index (κ3) is 5.21. The summed E-state index contributed by atoms with van der Waals surface area (Å²) in [5.74, 6) is 1.30. The average molecular weight is 352 g/mol. The molecule has 1 rings (SSSR count). The second-order valence-electron chi connectivity index (χ2n) is 4.35. The van der Waals surface area contributed by atoms with E-state index < -0.39 is 10.8 Å². The van der Waals surface area contributed by atoms with E-state index in [2.05, 4.69) is 51.3 Å². The molecule has 0 heterocycles. The van der Waals surface area contributed by atoms with Crippen molar-refractivity contribution < 1.29 is 8.62 Å². The first-order valence-electron chi connectivity index (χ1n) is 5.61. The van der Waals surface area contributed by atoms with Gasteiger partial charge in [-0.1, -0.05) is 29.8 Å². The van der Waals surface area contributed by atoms with Gasteiger partial charge in [0.05, 0.1) is 0 Å². The number of hydrogen-bond donors (Lipinski definition) is 0. The third-order valence-corrected chi connectivity index (χ3v) is 4.27. The van der Waals surface area contributed by atoms with Gasteiger partial charge in [-0.2, -0.15) is 11.8 Å². The predicted octanol–water partition coefficient (Wildman–Crippen LogP) is 4.47. The Labute approximate surface area is 126 Å². The summed E-state index contributed by atoms with van der Waals surface area (Å²) in [6.45, 7) is 3.74. The van der Waals surface area contributed by atoms with Gasteiger partial charge in [-0.25, -0.2) is 4.79 Å². The van der Waals surface area contributed by atoms with Crippen LogP contribution < -0.4 is 0 Å². The van der Waals surface area contributed by atoms with Crippen molar-refractivity contribution in [3.05, 3.63) is 35.4 Å². The van der Waals surface area contributed by atoms with E-state index >= 15 is 0 Å². The van der Waals surface area contributed by atoms with Gasteiger partial charge in [0.1, 0.15) is 4.87 Å². The SMILES string of the molecule is Cc1ccc(CSCCC(C)(Cl)C(=O)OBr)cc1. The lowest BCUT2D eigenvalue weighted by molar-refractivity contribution is -0.134. The smallest absolute Gasteiger partial charge is 0.338 e. The normalized spacial score (nSPS) is 14.0. The van der Waals surface area contributed by atoms with Gasteiger partial charge in [0.25, 0.3) is 0 Å². The molecule has 0 saturated carbocycles. The Morgan fingerprint density at radius 2 is 2.06 bits per heavy atom. The predicted molar refractivity (Wildman–Crippen MR) is 81.2 cm³/mol. The quantitative estimate of drug-likeness (QED) is 0.559. The summed E-state index contributed by atoms with van der Waals surface area (Å²) in [6, 6.07) is 8.44. The Kier molecular flexibility index (Phi) is 6.53. The molecule has 0 saturated heterocycles. The fraction of sp³-hybridized carbons (Fsp3) is 0.462. The summed E-state index contributed by atoms with van der Waals surface area (Å²) < 4.78 is 4.48. The number of carbonyl (C=O) groups excluding carboxylic acids is 1. The highest BCUT2D eigenvalue weighted by Crippen LogP contribution is 2.25. The first kappa shape index (κ1) is 15.9. The minimum absolute atomic E-state index is 0.444. The molecular formula is C13H16BrClO2S. The van der Waals surface area contributed by atoms with Crippen molar-refractivity contribution in [1.29, 1.82) is 0 Å². The van der Waals surface area contributed by atoms with Crippen LogP contribution in [0.2, 0.25) is 0 Å². The van der Waals surface area contributed by atoms with Crippen molar-refractivity contribution in [3.8, 4) is 0 Å². The molecule has 0 aliphatic carbocycles. The lowest BCUT2D eigenvalue weighted by Gasteiger charge is -2.17. The number of benzene rings is 1. The standard InChI is InChI=1S/C13H16BrClO2S/c1-10-3-5-11(6-4-10)9-18-8-7-13(2,15)12(16)17-14/h3-6H,7-9H2,1-2H3. The summed E-state index contributed by atoms with van der Waals surface area (Å²) in [6.07, 6.45) is 0.579. The van der Waals surface area contributed by atoms with Gasteiger partial charge in [0.15, 0.2) is 16.3 Å². The summed E-state index contributed by atoms with van der Waals surface area (Å²) in [5.41, 5.74) is 2.54. The van der Waals surface area contributed by atoms with Crippen LogP contribution in [0.25, 0.3) is 0 Å². The van der Waals surface area contributed by atoms with Crippen LogP contribution in [0.4, 0.5) is 0 Å². The molecule has 0 amide bonds. The highest BCUT2D eigenvalue weighted by atomic mass is 79.9. The second-order valence-corrected chi connectivity index (χ2v) is 6.61. The van der Waals surface area contributed by atoms with Gasteiger partial charge >= 0.3 is 5.97 Å². The van der Waals surface area contributed by atoms with E-state index in [0.29, 0.717) is 6.42 Å². The number of carbonyl (C=O) groups is 1. The maximum atomic E-state index is 11.3. The van der Waals surface area contributed by atoms with E-state index in [1.165, 1.54) is 11.1 Å². The van der Waals surface area contributed by atoms with Gasteiger partial charge in [-0.3, -0.25) is 0 Å². The highest BCUT2D eigenvalue weighted by molar-refractivity contribution is 9.06. The molecule has 0 spiro atoms. The monoisotopic (exact) mass is 350 g/mol. The summed E-state index contributed by atoms with van der Waals surface area (Å²) in [5, 5.41) is 0. The lowest BCUT2D eigenvalue weighted by Crippen LogP contribution is -2.29. The first-order valence-corrected chi connectivity index (χ1v) is 7.79. The van der Waals surface area contributed by atoms with Crippen LogP contribution in [0.5, 0.6) is 0 Å². The van der Waals surface area contributed by atoms with Crippen molar-refractivity contribution in [3.63, 3.8) is 0 Å². The van der Waals surface area contributed by atoms with Crippen LogP contribution in [0.3, 0.4) is 0 Å². The molecule has 0 aliphatic heterocycles. The largest absolute Gasteiger partial charge is 0.382 e. The molecule has 100 valence electrons. The number of aryl methyl sites for hydroxylation is 1. The maximum absolute atomic E-state index is 11.3. The molecule has 5 heteroatoms. The molecule has 0 aliphatic rings. The number of halogens is 2. The van der Waals surface area contributed by atoms with Crippen molar-refractivity contribution in [2.24, 2.45) is 0 Å². The molecule has 0 N–H and O–H groups in total. The van der Waals surface area contributed by atoms with E-state index in [9.17, 15) is 4.79 Å². The Hall–Kier alpha value is -0.190. The van der Waals surface area contributed by atoms with E-state index in [-0.39, 0.29) is 0 Å². The van der Waals surface area contributed by atoms with E-state index in [1.54, 1.807) is 18.7 Å². The molecule has 1 aromatic rings. The van der Waals surface area contributed by atoms with E-state index in [0.717, 1.165) is 11.5 Å². The van der Waals surface area contributed by atoms with Gasteiger partial charge in [-0.15, -0.1) is 11.6 Å². The Morgan fingerprint density at radius 3 is 2.61 bits per heavy atom. The highest BCUT2D eigenvalue weighted by Gasteiger charge is 2.31. The molecular weight excluding hydrogens is 336 g/mol. The molecule has 2 nitrogen and oxygen atoms in total. The summed E-state index contributed by atoms with van der Waals surface area (Å²) in [4.78, 5) is 10.4. The van der Waals surface area contributed by atoms with E-state index in [4.69, 9.17) is 11.6 Å². The fourth-order valence-corrected chi connectivity index (χ4v) is 3.14. The zero-order chi connectivity index (χ0) is 13.6. The molecule has 0 bridgehead atoms. The van der Waals surface area contributed by atoms with Gasteiger partial charge in [0.2, 0.25) is 0 Å². The number of rotatable bonds is 6. The van der Waals surface area contributed by atoms with Crippen LogP contribution in [0.1, 0.15) is 24.5 Å². The zero-order valence-corrected chi connectivity index (χ0v) is 13.6. The molecule has 1 aromatic carbocycles. The fourth-order valence-electron chi connectivity index (χ4n) is 1.32. The van der Waals surface area contributed by atoms with Gasteiger partial charge in [-0.05, 0) is 31.6 Å². The van der Waals surface area contributed by atoms with Crippen molar-refractivity contribution in [2.45, 2.75) is 30.9 Å². The third-order valence-electron chi connectivity index (χ3n) is 2.60. The maximum Gasteiger partial charge on any atom is 0.338 e. The van der Waals surface area contributed by atoms with Gasteiger partial charge < -0.3 is 3.83 Å². The molecule has 0 aromatic heterocycles. The topological polar surface area (TPSA) is 26.3 Å². The average Bonchev–Trinajstić information content (AvgIpc) is 2.35. The van der Waals surface area contributed by atoms with Crippen molar-refractivity contribution in [1.82, 2.24) is 0 Å². The van der Waals surface area contributed by atoms with Crippen LogP contribution in [0.15, 0.2) is 24.3 Å². The number of hydrogen-bond acceptors (Lipinski definition) is 3. The number of thioether (sulfide) groups is 1. The first-order chi connectivity index (χ1) is 8.45. The van der Waals surface area contributed by atoms with Crippen LogP contribution in [-0.2, 0) is 14.4 Å². The Morgan fingerprint density at radius 1 is 1.44 bits per heavy atom. The van der Waals surface area contributed by atoms with E-state index in [1.807, 2.05) is 0 Å². The van der Waals surface area contributed by atoms with Crippen LogP contribution in [-0.4, -0.2) is 16.6 Å². The molecule has 1 unspecified atom stereocenters. The van der Waals surface area contributed by atoms with Crippen molar-refractivity contribution in [2.75, 3.05) is 5.75 Å². The minimum Gasteiger partial charge on any atom is -0.382 e. The summed E-state index contributed by atoms with van der Waals surface area (Å²) in [7, 11) is 0. The van der Waals surface area contributed by atoms with Gasteiger partial charge in [0, 0.05) is 5.75 Å². The Balaban J connectivity index is 2.30. The number of alkyl halides is 1. The Bertz CT molecular complexity index is 392. The molecule has 18 heavy (non-hydrogen) atoms. The van der Waals surface area contributed by atoms with Crippen LogP contribution >= 0.6 is 39.6 Å². The molecule has 0 fully saturated rings. The second kappa shape index (κ2) is 7.41. The summed E-state index contributed by atoms with van der Waals surface area (Å²) >= 11 is 10.5. The molecule has 0 radical (unpaired) electrons. The lowest BCUT2D eigenvalue weighted by atomic mass is 10.1. The zero-order valence-electron chi connectivity index (χ0n) is 10.4.